The van der Waals surface area contributed by atoms with Crippen LogP contribution in [-0.4, -0.2) is 67.1 Å². The van der Waals surface area contributed by atoms with Crippen LogP contribution in [0, 0.1) is 5.82 Å². The van der Waals surface area contributed by atoms with Gasteiger partial charge in [-0.15, -0.1) is 0 Å². The van der Waals surface area contributed by atoms with Crippen LogP contribution in [0.25, 0.3) is 10.9 Å². The van der Waals surface area contributed by atoms with Gasteiger partial charge in [0.05, 0.1) is 17.1 Å². The summed E-state index contributed by atoms with van der Waals surface area (Å²) in [5.41, 5.74) is 2.58. The Labute approximate surface area is 248 Å². The van der Waals surface area contributed by atoms with E-state index in [2.05, 4.69) is 25.9 Å². The van der Waals surface area contributed by atoms with Crippen molar-refractivity contribution in [3.63, 3.8) is 0 Å². The number of ether oxygens (including phenoxy) is 2. The Morgan fingerprint density at radius 3 is 2.62 bits per heavy atom. The molecular weight excluding hydrogens is 563 g/mol. The maximum atomic E-state index is 13.4. The van der Waals surface area contributed by atoms with Gasteiger partial charge >= 0.3 is 0 Å². The van der Waals surface area contributed by atoms with E-state index in [0.29, 0.717) is 51.0 Å². The molecule has 0 radical (unpaired) electrons. The molecule has 0 spiro atoms. The Kier molecular flexibility index (Phi) is 11.0. The first-order chi connectivity index (χ1) is 20.3. The number of amides is 2. The van der Waals surface area contributed by atoms with E-state index in [9.17, 15) is 14.0 Å². The molecule has 0 saturated heterocycles. The van der Waals surface area contributed by atoms with Crippen molar-refractivity contribution < 1.29 is 23.5 Å². The summed E-state index contributed by atoms with van der Waals surface area (Å²) in [6.07, 6.45) is 1.54. The Morgan fingerprint density at radius 1 is 1.00 bits per heavy atom. The van der Waals surface area contributed by atoms with Gasteiger partial charge in [0.15, 0.2) is 0 Å². The number of hydrogen-bond donors (Lipinski definition) is 3. The third kappa shape index (κ3) is 9.37. The van der Waals surface area contributed by atoms with Crippen LogP contribution in [0.3, 0.4) is 0 Å². The van der Waals surface area contributed by atoms with Gasteiger partial charge < -0.3 is 30.3 Å². The molecule has 0 fully saturated rings. The van der Waals surface area contributed by atoms with E-state index in [0.717, 1.165) is 6.54 Å². The molecule has 0 atom stereocenters. The fourth-order valence-corrected chi connectivity index (χ4v) is 4.09. The molecule has 0 aliphatic carbocycles. The zero-order valence-electron chi connectivity index (χ0n) is 23.3. The second kappa shape index (κ2) is 15.1. The fourth-order valence-electron chi connectivity index (χ4n) is 3.86. The lowest BCUT2D eigenvalue weighted by Crippen LogP contribution is -2.31. The Hall–Kier alpha value is -4.32. The van der Waals surface area contributed by atoms with Crippen LogP contribution in [0.2, 0.25) is 5.02 Å². The van der Waals surface area contributed by atoms with Gasteiger partial charge in [0.1, 0.15) is 36.9 Å². The number of carbonyl (C=O) groups is 2. The van der Waals surface area contributed by atoms with Crippen molar-refractivity contribution in [3.05, 3.63) is 83.4 Å². The van der Waals surface area contributed by atoms with Crippen molar-refractivity contribution in [1.82, 2.24) is 20.2 Å². The average molecular weight is 595 g/mol. The van der Waals surface area contributed by atoms with E-state index in [4.69, 9.17) is 21.1 Å². The number of aromatic nitrogens is 2. The molecule has 42 heavy (non-hydrogen) atoms. The lowest BCUT2D eigenvalue weighted by atomic mass is 10.2. The Morgan fingerprint density at radius 2 is 1.83 bits per heavy atom. The number of nitrogens with zero attached hydrogens (tertiary/aromatic N) is 3. The Bertz CT molecular complexity index is 1540. The van der Waals surface area contributed by atoms with Crippen LogP contribution in [-0.2, 0) is 20.9 Å². The molecule has 4 rings (SSSR count). The maximum Gasteiger partial charge on any atom is 0.246 e. The molecule has 0 unspecified atom stereocenters. The number of fused-ring (bicyclic) bond motifs is 1. The molecule has 0 aliphatic rings. The van der Waals surface area contributed by atoms with Gasteiger partial charge in [-0.25, -0.2) is 14.4 Å². The maximum absolute atomic E-state index is 13.4. The highest BCUT2D eigenvalue weighted by molar-refractivity contribution is 6.32. The van der Waals surface area contributed by atoms with Gasteiger partial charge in [-0.1, -0.05) is 23.7 Å². The predicted molar refractivity (Wildman–Crippen MR) is 161 cm³/mol. The summed E-state index contributed by atoms with van der Waals surface area (Å²) in [5.74, 6) is 0.114. The number of nitrogens with one attached hydrogen (secondary N) is 3. The first-order valence-corrected chi connectivity index (χ1v) is 13.6. The summed E-state index contributed by atoms with van der Waals surface area (Å²) in [7, 11) is 3.85. The summed E-state index contributed by atoms with van der Waals surface area (Å²) in [6.45, 7) is 1.49. The standard InChI is InChI=1S/C30H32ClFN6O4/c1-38(2)12-13-41-18-29(40)33-11-10-28(39)36-22-6-8-26-24(15-22)30(35-19-34-26)37-23-7-9-27(25(31)16-23)42-17-20-4-3-5-21(32)14-20/h3-9,14-16,19H,10-13,17-18H2,1-2H3,(H,33,40)(H,36,39)(H,34,35,37). The summed E-state index contributed by atoms with van der Waals surface area (Å²) in [5, 5.41) is 9.80. The molecule has 0 aliphatic heterocycles. The van der Waals surface area contributed by atoms with Crippen molar-refractivity contribution in [3.8, 4) is 5.75 Å². The number of carbonyl (C=O) groups excluding carboxylic acids is 2. The molecule has 2 amide bonds. The van der Waals surface area contributed by atoms with E-state index in [1.54, 1.807) is 48.5 Å². The van der Waals surface area contributed by atoms with Crippen molar-refractivity contribution in [2.24, 2.45) is 0 Å². The molecule has 3 N–H and O–H groups in total. The molecule has 220 valence electrons. The molecule has 1 aromatic heterocycles. The smallest absolute Gasteiger partial charge is 0.246 e. The molecule has 0 saturated carbocycles. The van der Waals surface area contributed by atoms with Crippen molar-refractivity contribution in [1.29, 1.82) is 0 Å². The lowest BCUT2D eigenvalue weighted by molar-refractivity contribution is -0.125. The van der Waals surface area contributed by atoms with Crippen LogP contribution >= 0.6 is 11.6 Å². The van der Waals surface area contributed by atoms with Gasteiger partial charge in [-0.3, -0.25) is 9.59 Å². The second-order valence-electron chi connectivity index (χ2n) is 9.65. The molecule has 3 aromatic carbocycles. The SMILES string of the molecule is CN(C)CCOCC(=O)NCCC(=O)Nc1ccc2ncnc(Nc3ccc(OCc4cccc(F)c4)c(Cl)c3)c2c1. The largest absolute Gasteiger partial charge is 0.487 e. The summed E-state index contributed by atoms with van der Waals surface area (Å²) < 4.78 is 24.5. The number of halogens is 2. The highest BCUT2D eigenvalue weighted by Crippen LogP contribution is 2.31. The van der Waals surface area contributed by atoms with Crippen molar-refractivity contribution >= 4 is 51.5 Å². The van der Waals surface area contributed by atoms with Gasteiger partial charge in [-0.2, -0.15) is 0 Å². The van der Waals surface area contributed by atoms with Crippen LogP contribution < -0.4 is 20.7 Å². The minimum Gasteiger partial charge on any atom is -0.487 e. The summed E-state index contributed by atoms with van der Waals surface area (Å²) in [4.78, 5) is 35.0. The third-order valence-electron chi connectivity index (χ3n) is 5.99. The lowest BCUT2D eigenvalue weighted by Gasteiger charge is -2.13. The number of likely N-dealkylation sites (N-methyl/N-ethyl adjacent to an activating group) is 1. The topological polar surface area (TPSA) is 118 Å². The monoisotopic (exact) mass is 594 g/mol. The molecule has 0 bridgehead atoms. The first kappa shape index (κ1) is 30.6. The van der Waals surface area contributed by atoms with Crippen LogP contribution in [0.15, 0.2) is 67.0 Å². The second-order valence-corrected chi connectivity index (χ2v) is 10.1. The zero-order chi connectivity index (χ0) is 29.9. The van der Waals surface area contributed by atoms with E-state index in [1.807, 2.05) is 19.0 Å². The number of benzene rings is 3. The Balaban J connectivity index is 1.33. The molecule has 10 nitrogen and oxygen atoms in total. The predicted octanol–water partition coefficient (Wildman–Crippen LogP) is 4.77. The molecular formula is C30H32ClFN6O4. The molecule has 1 heterocycles. The van der Waals surface area contributed by atoms with Gasteiger partial charge in [0.25, 0.3) is 0 Å². The first-order valence-electron chi connectivity index (χ1n) is 13.2. The van der Waals surface area contributed by atoms with E-state index >= 15 is 0 Å². The highest BCUT2D eigenvalue weighted by atomic mass is 35.5. The minimum atomic E-state index is -0.331. The van der Waals surface area contributed by atoms with E-state index in [1.165, 1.54) is 18.5 Å². The van der Waals surface area contributed by atoms with E-state index in [-0.39, 0.29) is 43.8 Å². The van der Waals surface area contributed by atoms with Gasteiger partial charge in [-0.05, 0) is 68.2 Å². The summed E-state index contributed by atoms with van der Waals surface area (Å²) >= 11 is 6.44. The summed E-state index contributed by atoms with van der Waals surface area (Å²) in [6, 6.07) is 16.7. The van der Waals surface area contributed by atoms with Crippen LogP contribution in [0.4, 0.5) is 21.6 Å². The van der Waals surface area contributed by atoms with Crippen LogP contribution in [0.5, 0.6) is 5.75 Å². The fraction of sp³-hybridized carbons (Fsp3) is 0.267. The molecule has 4 aromatic rings. The highest BCUT2D eigenvalue weighted by Gasteiger charge is 2.11. The zero-order valence-corrected chi connectivity index (χ0v) is 24.1. The van der Waals surface area contributed by atoms with Gasteiger partial charge in [0, 0.05) is 36.3 Å². The quantitative estimate of drug-likeness (QED) is 0.179. The molecule has 12 heteroatoms. The number of rotatable bonds is 14. The number of anilines is 3. The number of hydrogen-bond acceptors (Lipinski definition) is 8. The van der Waals surface area contributed by atoms with E-state index < -0.39 is 0 Å². The van der Waals surface area contributed by atoms with Crippen molar-refractivity contribution in [2.45, 2.75) is 13.0 Å². The van der Waals surface area contributed by atoms with Crippen LogP contribution in [0.1, 0.15) is 12.0 Å². The van der Waals surface area contributed by atoms with Gasteiger partial charge in [0.2, 0.25) is 11.8 Å². The normalized spacial score (nSPS) is 11.0. The van der Waals surface area contributed by atoms with Crippen molar-refractivity contribution in [2.75, 3.05) is 51.0 Å². The minimum absolute atomic E-state index is 0.0498. The third-order valence-corrected chi connectivity index (χ3v) is 6.28. The average Bonchev–Trinajstić information content (AvgIpc) is 2.95.